The number of hydrazone groups is 1. The number of rotatable bonds is 5. The van der Waals surface area contributed by atoms with E-state index < -0.39 is 5.97 Å². The molecule has 0 saturated heterocycles. The van der Waals surface area contributed by atoms with Crippen LogP contribution in [0.5, 0.6) is 5.75 Å². The highest BCUT2D eigenvalue weighted by atomic mass is 79.9. The van der Waals surface area contributed by atoms with Crippen LogP contribution in [0.15, 0.2) is 76.4 Å². The predicted molar refractivity (Wildman–Crippen MR) is 110 cm³/mol. The van der Waals surface area contributed by atoms with Crippen LogP contribution in [0.1, 0.15) is 32.0 Å². The Morgan fingerprint density at radius 1 is 1.07 bits per heavy atom. The number of pyridine rings is 1. The highest BCUT2D eigenvalue weighted by Gasteiger charge is 2.11. The van der Waals surface area contributed by atoms with Crippen LogP contribution in [0.4, 0.5) is 0 Å². The largest absolute Gasteiger partial charge is 0.422 e. The van der Waals surface area contributed by atoms with Crippen LogP contribution in [-0.2, 0) is 0 Å². The quantitative estimate of drug-likeness (QED) is 0.281. The van der Waals surface area contributed by atoms with Crippen molar-refractivity contribution in [3.63, 3.8) is 0 Å². The molecule has 28 heavy (non-hydrogen) atoms. The molecular weight excluding hydrogens is 422 g/mol. The van der Waals surface area contributed by atoms with Gasteiger partial charge in [-0.15, -0.1) is 0 Å². The fourth-order valence-corrected chi connectivity index (χ4v) is 2.65. The second-order valence-electron chi connectivity index (χ2n) is 5.83. The van der Waals surface area contributed by atoms with Gasteiger partial charge in [0.2, 0.25) is 0 Å². The first-order valence-corrected chi connectivity index (χ1v) is 9.15. The molecule has 1 aromatic heterocycles. The lowest BCUT2D eigenvalue weighted by atomic mass is 10.2. The van der Waals surface area contributed by atoms with Crippen molar-refractivity contribution in [1.29, 1.82) is 0 Å². The summed E-state index contributed by atoms with van der Waals surface area (Å²) in [6.45, 7) is 1.84. The zero-order valence-corrected chi connectivity index (χ0v) is 16.5. The van der Waals surface area contributed by atoms with Gasteiger partial charge in [0, 0.05) is 21.9 Å². The van der Waals surface area contributed by atoms with Crippen LogP contribution < -0.4 is 10.2 Å². The average Bonchev–Trinajstić information content (AvgIpc) is 2.71. The molecular formula is C21H16BrN3O3. The summed E-state index contributed by atoms with van der Waals surface area (Å²) < 4.78 is 6.25. The normalized spacial score (nSPS) is 10.6. The van der Waals surface area contributed by atoms with Crippen LogP contribution in [-0.4, -0.2) is 23.1 Å². The van der Waals surface area contributed by atoms with Gasteiger partial charge in [0.15, 0.2) is 0 Å². The topological polar surface area (TPSA) is 80.6 Å². The first-order chi connectivity index (χ1) is 13.5. The summed E-state index contributed by atoms with van der Waals surface area (Å²) in [7, 11) is 0. The molecule has 0 fully saturated rings. The van der Waals surface area contributed by atoms with Gasteiger partial charge in [-0.05, 0) is 49.4 Å². The van der Waals surface area contributed by atoms with E-state index in [0.29, 0.717) is 22.4 Å². The van der Waals surface area contributed by atoms with Crippen molar-refractivity contribution in [2.75, 3.05) is 0 Å². The fourth-order valence-electron chi connectivity index (χ4n) is 2.27. The minimum Gasteiger partial charge on any atom is -0.422 e. The molecule has 3 aromatic rings. The van der Waals surface area contributed by atoms with E-state index in [4.69, 9.17) is 4.74 Å². The number of amides is 1. The molecule has 6 nitrogen and oxygen atoms in total. The second kappa shape index (κ2) is 9.05. The van der Waals surface area contributed by atoms with Gasteiger partial charge in [-0.3, -0.25) is 9.78 Å². The van der Waals surface area contributed by atoms with Crippen LogP contribution in [0.3, 0.4) is 0 Å². The standard InChI is InChI=1S/C21H16BrN3O3/c1-14-7-8-16(12-23-14)20(26)25-24-13-17-11-18(22)9-10-19(17)28-21(27)15-5-3-2-4-6-15/h2-13H,1H3,(H,25,26)/b24-13+. The molecule has 1 amide bonds. The number of ether oxygens (including phenoxy) is 1. The number of aromatic nitrogens is 1. The maximum absolute atomic E-state index is 12.3. The first kappa shape index (κ1) is 19.4. The van der Waals surface area contributed by atoms with Gasteiger partial charge < -0.3 is 4.74 Å². The molecule has 1 N–H and O–H groups in total. The molecule has 2 aromatic carbocycles. The van der Waals surface area contributed by atoms with Crippen molar-refractivity contribution < 1.29 is 14.3 Å². The van der Waals surface area contributed by atoms with Gasteiger partial charge >= 0.3 is 5.97 Å². The van der Waals surface area contributed by atoms with Crippen molar-refractivity contribution in [1.82, 2.24) is 10.4 Å². The van der Waals surface area contributed by atoms with Gasteiger partial charge in [0.25, 0.3) is 5.91 Å². The van der Waals surface area contributed by atoms with E-state index in [1.165, 1.54) is 12.4 Å². The molecule has 0 unspecified atom stereocenters. The summed E-state index contributed by atoms with van der Waals surface area (Å²) in [6.07, 6.45) is 2.89. The minimum absolute atomic E-state index is 0.326. The lowest BCUT2D eigenvalue weighted by Gasteiger charge is -2.08. The predicted octanol–water partition coefficient (Wildman–Crippen LogP) is 4.14. The number of nitrogens with zero attached hydrogens (tertiary/aromatic N) is 2. The molecule has 3 rings (SSSR count). The zero-order valence-electron chi connectivity index (χ0n) is 14.9. The number of hydrogen-bond acceptors (Lipinski definition) is 5. The van der Waals surface area contributed by atoms with Gasteiger partial charge in [0.1, 0.15) is 5.75 Å². The maximum atomic E-state index is 12.3. The average molecular weight is 438 g/mol. The van der Waals surface area contributed by atoms with Crippen LogP contribution in [0.2, 0.25) is 0 Å². The molecule has 0 aliphatic heterocycles. The number of hydrogen-bond donors (Lipinski definition) is 1. The van der Waals surface area contributed by atoms with Gasteiger partial charge in [0.05, 0.1) is 17.3 Å². The Bertz CT molecular complexity index is 1020. The molecule has 0 saturated carbocycles. The highest BCUT2D eigenvalue weighted by Crippen LogP contribution is 2.23. The lowest BCUT2D eigenvalue weighted by Crippen LogP contribution is -2.18. The Balaban J connectivity index is 1.73. The molecule has 0 atom stereocenters. The second-order valence-corrected chi connectivity index (χ2v) is 6.74. The van der Waals surface area contributed by atoms with Gasteiger partial charge in [-0.25, -0.2) is 10.2 Å². The SMILES string of the molecule is Cc1ccc(C(=O)N/N=C/c2cc(Br)ccc2OC(=O)c2ccccc2)cn1. The number of benzene rings is 2. The van der Waals surface area contributed by atoms with E-state index in [1.54, 1.807) is 54.6 Å². The molecule has 7 heteroatoms. The van der Waals surface area contributed by atoms with Crippen molar-refractivity contribution in [3.05, 3.63) is 93.7 Å². The minimum atomic E-state index is -0.479. The summed E-state index contributed by atoms with van der Waals surface area (Å²) >= 11 is 3.37. The highest BCUT2D eigenvalue weighted by molar-refractivity contribution is 9.10. The third-order valence-corrected chi connectivity index (χ3v) is 4.22. The van der Waals surface area contributed by atoms with Crippen molar-refractivity contribution in [2.45, 2.75) is 6.92 Å². The summed E-state index contributed by atoms with van der Waals surface area (Å²) in [5, 5.41) is 3.96. The number of carbonyl (C=O) groups excluding carboxylic acids is 2. The monoisotopic (exact) mass is 437 g/mol. The molecule has 140 valence electrons. The zero-order chi connectivity index (χ0) is 19.9. The van der Waals surface area contributed by atoms with Crippen molar-refractivity contribution in [3.8, 4) is 5.75 Å². The maximum Gasteiger partial charge on any atom is 0.343 e. The summed E-state index contributed by atoms with van der Waals surface area (Å²) in [5.74, 6) is -0.541. The summed E-state index contributed by atoms with van der Waals surface area (Å²) in [4.78, 5) is 28.5. The van der Waals surface area contributed by atoms with E-state index in [0.717, 1.165) is 10.2 Å². The molecule has 0 aliphatic carbocycles. The molecule has 0 bridgehead atoms. The number of esters is 1. The van der Waals surface area contributed by atoms with E-state index in [-0.39, 0.29) is 5.91 Å². The Morgan fingerprint density at radius 3 is 2.57 bits per heavy atom. The van der Waals surface area contributed by atoms with Crippen molar-refractivity contribution >= 4 is 34.0 Å². The number of halogens is 1. The Kier molecular flexibility index (Phi) is 6.29. The van der Waals surface area contributed by atoms with E-state index in [9.17, 15) is 9.59 Å². The Hall–Kier alpha value is -3.32. The molecule has 1 heterocycles. The first-order valence-electron chi connectivity index (χ1n) is 8.36. The summed E-state index contributed by atoms with van der Waals surface area (Å²) in [5.41, 5.74) is 4.62. The van der Waals surface area contributed by atoms with E-state index >= 15 is 0 Å². The van der Waals surface area contributed by atoms with Gasteiger partial charge in [-0.2, -0.15) is 5.10 Å². The summed E-state index contributed by atoms with van der Waals surface area (Å²) in [6, 6.07) is 17.2. The van der Waals surface area contributed by atoms with Crippen LogP contribution in [0.25, 0.3) is 0 Å². The number of aryl methyl sites for hydroxylation is 1. The Labute approximate surface area is 170 Å². The smallest absolute Gasteiger partial charge is 0.343 e. The fraction of sp³-hybridized carbons (Fsp3) is 0.0476. The van der Waals surface area contributed by atoms with Gasteiger partial charge in [-0.1, -0.05) is 34.1 Å². The number of carbonyl (C=O) groups is 2. The van der Waals surface area contributed by atoms with Crippen molar-refractivity contribution in [2.24, 2.45) is 5.10 Å². The van der Waals surface area contributed by atoms with Crippen LogP contribution >= 0.6 is 15.9 Å². The third kappa shape index (κ3) is 5.11. The molecule has 0 aliphatic rings. The Morgan fingerprint density at radius 2 is 1.86 bits per heavy atom. The van der Waals surface area contributed by atoms with E-state index in [2.05, 4.69) is 31.4 Å². The third-order valence-electron chi connectivity index (χ3n) is 3.73. The molecule has 0 radical (unpaired) electrons. The molecule has 0 spiro atoms. The van der Waals surface area contributed by atoms with E-state index in [1.807, 2.05) is 13.0 Å². The lowest BCUT2D eigenvalue weighted by molar-refractivity contribution is 0.0734. The van der Waals surface area contributed by atoms with Crippen LogP contribution in [0, 0.1) is 6.92 Å². The number of nitrogens with one attached hydrogen (secondary N) is 1.